The molecule has 118 valence electrons. The zero-order chi connectivity index (χ0) is 15.5. The number of rotatable bonds is 10. The number of nitrogens with two attached hydrogens (primary N) is 1. The lowest BCUT2D eigenvalue weighted by Gasteiger charge is -2.08. The third-order valence-electron chi connectivity index (χ3n) is 3.23. The van der Waals surface area contributed by atoms with Crippen LogP contribution >= 0.6 is 11.8 Å². The summed E-state index contributed by atoms with van der Waals surface area (Å²) < 4.78 is 0. The van der Waals surface area contributed by atoms with E-state index in [4.69, 9.17) is 5.73 Å². The van der Waals surface area contributed by atoms with E-state index in [1.165, 1.54) is 25.0 Å². The van der Waals surface area contributed by atoms with Crippen molar-refractivity contribution in [1.82, 2.24) is 10.3 Å². The van der Waals surface area contributed by atoms with Crippen molar-refractivity contribution in [3.05, 3.63) is 23.4 Å². The second-order valence-electron chi connectivity index (χ2n) is 5.18. The highest BCUT2D eigenvalue weighted by Crippen LogP contribution is 2.10. The molecular weight excluding hydrogens is 282 g/mol. The maximum absolute atomic E-state index is 12.1. The van der Waals surface area contributed by atoms with E-state index in [0.29, 0.717) is 11.4 Å². The number of nitrogen functional groups attached to an aromatic ring is 1. The average molecular weight is 309 g/mol. The molecule has 0 aliphatic rings. The Bertz CT molecular complexity index is 438. The maximum atomic E-state index is 12.1. The fourth-order valence-corrected chi connectivity index (χ4v) is 2.65. The molecule has 5 heteroatoms. The lowest BCUT2D eigenvalue weighted by molar-refractivity contribution is 0.0952. The van der Waals surface area contributed by atoms with Gasteiger partial charge in [-0.05, 0) is 43.4 Å². The van der Waals surface area contributed by atoms with E-state index in [1.54, 1.807) is 6.07 Å². The van der Waals surface area contributed by atoms with E-state index < -0.39 is 0 Å². The molecule has 1 aromatic heterocycles. The number of pyridine rings is 1. The zero-order valence-electron chi connectivity index (χ0n) is 13.2. The van der Waals surface area contributed by atoms with Crippen LogP contribution in [0.5, 0.6) is 0 Å². The third kappa shape index (κ3) is 7.37. The minimum atomic E-state index is -0.0504. The van der Waals surface area contributed by atoms with Gasteiger partial charge in [-0.25, -0.2) is 4.98 Å². The zero-order valence-corrected chi connectivity index (χ0v) is 14.0. The quantitative estimate of drug-likeness (QED) is 0.651. The molecule has 3 N–H and O–H groups in total. The van der Waals surface area contributed by atoms with Crippen LogP contribution in [-0.2, 0) is 6.42 Å². The summed E-state index contributed by atoms with van der Waals surface area (Å²) in [5.41, 5.74) is 7.26. The Kier molecular flexibility index (Phi) is 8.90. The molecule has 0 atom stereocenters. The fraction of sp³-hybridized carbons (Fsp3) is 0.625. The maximum Gasteiger partial charge on any atom is 0.251 e. The summed E-state index contributed by atoms with van der Waals surface area (Å²) >= 11 is 1.89. The number of carbonyl (C=O) groups is 1. The molecule has 0 spiro atoms. The molecule has 0 radical (unpaired) electrons. The van der Waals surface area contributed by atoms with Crippen LogP contribution in [0, 0.1) is 0 Å². The van der Waals surface area contributed by atoms with Gasteiger partial charge in [-0.2, -0.15) is 11.8 Å². The Morgan fingerprint density at radius 1 is 1.29 bits per heavy atom. The van der Waals surface area contributed by atoms with Gasteiger partial charge in [-0.15, -0.1) is 0 Å². The molecule has 0 bridgehead atoms. The van der Waals surface area contributed by atoms with Crippen LogP contribution in [0.4, 0.5) is 5.82 Å². The number of anilines is 1. The number of carbonyl (C=O) groups excluding carboxylic acids is 1. The molecule has 0 aromatic carbocycles. The molecule has 0 unspecified atom stereocenters. The van der Waals surface area contributed by atoms with Gasteiger partial charge in [-0.1, -0.05) is 26.2 Å². The van der Waals surface area contributed by atoms with Gasteiger partial charge in [0.05, 0.1) is 0 Å². The number of aromatic nitrogens is 1. The van der Waals surface area contributed by atoms with Gasteiger partial charge >= 0.3 is 0 Å². The highest BCUT2D eigenvalue weighted by molar-refractivity contribution is 7.98. The molecule has 1 heterocycles. The fourth-order valence-electron chi connectivity index (χ4n) is 2.16. The van der Waals surface area contributed by atoms with Crippen molar-refractivity contribution in [2.75, 3.05) is 24.3 Å². The van der Waals surface area contributed by atoms with E-state index in [0.717, 1.165) is 31.5 Å². The van der Waals surface area contributed by atoms with Crippen molar-refractivity contribution < 1.29 is 4.79 Å². The molecule has 0 fully saturated rings. The van der Waals surface area contributed by atoms with Crippen LogP contribution in [-0.4, -0.2) is 29.4 Å². The first kappa shape index (κ1) is 17.8. The van der Waals surface area contributed by atoms with Gasteiger partial charge < -0.3 is 11.1 Å². The average Bonchev–Trinajstić information content (AvgIpc) is 2.46. The van der Waals surface area contributed by atoms with E-state index in [9.17, 15) is 4.79 Å². The van der Waals surface area contributed by atoms with E-state index in [2.05, 4.69) is 23.5 Å². The predicted molar refractivity (Wildman–Crippen MR) is 91.8 cm³/mol. The normalized spacial score (nSPS) is 10.6. The summed E-state index contributed by atoms with van der Waals surface area (Å²) in [6.45, 7) is 2.81. The van der Waals surface area contributed by atoms with Gasteiger partial charge in [0, 0.05) is 17.8 Å². The minimum Gasteiger partial charge on any atom is -0.384 e. The summed E-state index contributed by atoms with van der Waals surface area (Å²) in [4.78, 5) is 16.3. The van der Waals surface area contributed by atoms with E-state index >= 15 is 0 Å². The lowest BCUT2D eigenvalue weighted by Crippen LogP contribution is -2.24. The molecule has 21 heavy (non-hydrogen) atoms. The summed E-state index contributed by atoms with van der Waals surface area (Å²) in [5.74, 6) is 1.59. The van der Waals surface area contributed by atoms with Crippen LogP contribution in [0.15, 0.2) is 12.1 Å². The van der Waals surface area contributed by atoms with Crippen molar-refractivity contribution in [1.29, 1.82) is 0 Å². The van der Waals surface area contributed by atoms with Crippen molar-refractivity contribution >= 4 is 23.5 Å². The first-order valence-corrected chi connectivity index (χ1v) is 9.10. The molecule has 0 saturated heterocycles. The van der Waals surface area contributed by atoms with Gasteiger partial charge in [0.2, 0.25) is 0 Å². The Morgan fingerprint density at radius 3 is 2.76 bits per heavy atom. The minimum absolute atomic E-state index is 0.0504. The molecule has 0 saturated carbocycles. The Labute approximate surface area is 132 Å². The van der Waals surface area contributed by atoms with Crippen LogP contribution in [0.3, 0.4) is 0 Å². The molecule has 1 aromatic rings. The SMILES string of the molecule is CCCc1cc(C(=O)NCCCCCCSC)cc(N)n1. The molecule has 1 rings (SSSR count). The predicted octanol–water partition coefficient (Wildman–Crippen LogP) is 3.27. The third-order valence-corrected chi connectivity index (χ3v) is 3.92. The first-order valence-electron chi connectivity index (χ1n) is 7.71. The van der Waals surface area contributed by atoms with Gasteiger partial charge in [0.25, 0.3) is 5.91 Å². The number of aryl methyl sites for hydroxylation is 1. The highest BCUT2D eigenvalue weighted by atomic mass is 32.2. The number of hydrogen-bond donors (Lipinski definition) is 2. The van der Waals surface area contributed by atoms with Crippen molar-refractivity contribution in [2.24, 2.45) is 0 Å². The number of nitrogens with zero attached hydrogens (tertiary/aromatic N) is 1. The number of nitrogens with one attached hydrogen (secondary N) is 1. The standard InChI is InChI=1S/C16H27N3OS/c1-3-8-14-11-13(12-15(17)19-14)16(20)18-9-6-4-5-7-10-21-2/h11-12H,3-10H2,1-2H3,(H2,17,19)(H,18,20). The Balaban J connectivity index is 2.34. The van der Waals surface area contributed by atoms with Gasteiger partial charge in [-0.3, -0.25) is 4.79 Å². The van der Waals surface area contributed by atoms with Crippen molar-refractivity contribution in [3.8, 4) is 0 Å². The summed E-state index contributed by atoms with van der Waals surface area (Å²) in [6.07, 6.45) is 8.67. The Hall–Kier alpha value is -1.23. The largest absolute Gasteiger partial charge is 0.384 e. The molecule has 0 aliphatic carbocycles. The van der Waals surface area contributed by atoms with Gasteiger partial charge in [0.1, 0.15) is 5.82 Å². The number of hydrogen-bond acceptors (Lipinski definition) is 4. The molecule has 1 amide bonds. The van der Waals surface area contributed by atoms with Crippen LogP contribution in [0.2, 0.25) is 0 Å². The second kappa shape index (κ2) is 10.5. The summed E-state index contributed by atoms with van der Waals surface area (Å²) in [5, 5.41) is 2.96. The molecular formula is C16H27N3OS. The topological polar surface area (TPSA) is 68.0 Å². The highest BCUT2D eigenvalue weighted by Gasteiger charge is 2.08. The van der Waals surface area contributed by atoms with Gasteiger partial charge in [0.15, 0.2) is 0 Å². The smallest absolute Gasteiger partial charge is 0.251 e. The molecule has 0 aliphatic heterocycles. The van der Waals surface area contributed by atoms with Crippen LogP contribution in [0.1, 0.15) is 55.1 Å². The second-order valence-corrected chi connectivity index (χ2v) is 6.17. The van der Waals surface area contributed by atoms with Crippen LogP contribution < -0.4 is 11.1 Å². The summed E-state index contributed by atoms with van der Waals surface area (Å²) in [6, 6.07) is 3.49. The van der Waals surface area contributed by atoms with Crippen molar-refractivity contribution in [2.45, 2.75) is 45.4 Å². The van der Waals surface area contributed by atoms with Crippen LogP contribution in [0.25, 0.3) is 0 Å². The van der Waals surface area contributed by atoms with E-state index in [-0.39, 0.29) is 5.91 Å². The Morgan fingerprint density at radius 2 is 2.05 bits per heavy atom. The number of amides is 1. The number of thioether (sulfide) groups is 1. The molecule has 4 nitrogen and oxygen atoms in total. The van der Waals surface area contributed by atoms with E-state index in [1.807, 2.05) is 17.8 Å². The summed E-state index contributed by atoms with van der Waals surface area (Å²) in [7, 11) is 0. The lowest BCUT2D eigenvalue weighted by atomic mass is 10.1. The monoisotopic (exact) mass is 309 g/mol. The number of unbranched alkanes of at least 4 members (excludes halogenated alkanes) is 3. The first-order chi connectivity index (χ1) is 10.2. The van der Waals surface area contributed by atoms with Crippen molar-refractivity contribution in [3.63, 3.8) is 0 Å².